The van der Waals surface area contributed by atoms with Crippen LogP contribution in [-0.4, -0.2) is 15.6 Å². The van der Waals surface area contributed by atoms with Crippen molar-refractivity contribution in [2.45, 2.75) is 20.2 Å². The molecule has 0 bridgehead atoms. The van der Waals surface area contributed by atoms with Gasteiger partial charge in [-0.2, -0.15) is 4.39 Å². The number of carboxylic acids is 1. The van der Waals surface area contributed by atoms with Crippen molar-refractivity contribution in [3.8, 4) is 11.4 Å². The highest BCUT2D eigenvalue weighted by Gasteiger charge is 2.20. The minimum atomic E-state index is -2.10. The number of hydrogen-bond acceptors (Lipinski definition) is 3. The zero-order valence-corrected chi connectivity index (χ0v) is 17.0. The van der Waals surface area contributed by atoms with Crippen LogP contribution in [-0.2, 0) is 0 Å². The molecule has 1 N–H and O–H groups in total. The zero-order chi connectivity index (χ0) is 21.3. The Hall–Kier alpha value is -3.00. The number of pyridine rings is 1. The summed E-state index contributed by atoms with van der Waals surface area (Å²) in [5, 5.41) is 9.16. The van der Waals surface area contributed by atoms with Gasteiger partial charge < -0.3 is 9.84 Å². The van der Waals surface area contributed by atoms with Gasteiger partial charge in [0.1, 0.15) is 16.0 Å². The number of aromatic carboxylic acids is 1. The summed E-state index contributed by atoms with van der Waals surface area (Å²) in [7, 11) is 0. The summed E-state index contributed by atoms with van der Waals surface area (Å²) in [4.78, 5) is 24.0. The number of rotatable bonds is 5. The average Bonchev–Trinajstić information content (AvgIpc) is 2.66. The van der Waals surface area contributed by atoms with Gasteiger partial charge in [0.05, 0.1) is 11.1 Å². The molecular formula is C21H16BrF2NO4. The van der Waals surface area contributed by atoms with Crippen molar-refractivity contribution < 1.29 is 23.4 Å². The van der Waals surface area contributed by atoms with E-state index in [-0.39, 0.29) is 21.3 Å². The molecule has 29 heavy (non-hydrogen) atoms. The summed E-state index contributed by atoms with van der Waals surface area (Å²) in [5.74, 6) is -1.89. The first-order valence-electron chi connectivity index (χ1n) is 8.52. The fourth-order valence-corrected chi connectivity index (χ4v) is 3.33. The highest BCUT2D eigenvalue weighted by atomic mass is 79.9. The molecular weight excluding hydrogens is 448 g/mol. The molecule has 0 aliphatic heterocycles. The number of halogens is 3. The van der Waals surface area contributed by atoms with Crippen molar-refractivity contribution in [2.24, 2.45) is 0 Å². The number of alkyl halides is 1. The van der Waals surface area contributed by atoms with Gasteiger partial charge in [0, 0.05) is 17.4 Å². The predicted molar refractivity (Wildman–Crippen MR) is 107 cm³/mol. The Balaban J connectivity index is 2.01. The third-order valence-corrected chi connectivity index (χ3v) is 5.11. The highest BCUT2D eigenvalue weighted by molar-refractivity contribution is 9.10. The summed E-state index contributed by atoms with van der Waals surface area (Å²) in [6.07, 6.45) is -2.10. The van der Waals surface area contributed by atoms with Crippen LogP contribution in [0.4, 0.5) is 8.78 Å². The second-order valence-corrected chi connectivity index (χ2v) is 7.16. The fraction of sp³-hybridized carbons (Fsp3) is 0.143. The van der Waals surface area contributed by atoms with Gasteiger partial charge in [-0.1, -0.05) is 12.1 Å². The quantitative estimate of drug-likeness (QED) is 0.571. The standard InChI is InChI=1S/C21H16BrF2NO4/c1-11-9-13(7-8-14(11)21(27)28)25-12(2)10-17(18(22)20(25)26)29-19(24)15-5-3-4-6-16(15)23/h3-10,19H,1-2H3,(H,27,28). The van der Waals surface area contributed by atoms with Crippen LogP contribution in [0.2, 0.25) is 0 Å². The number of nitrogens with zero attached hydrogens (tertiary/aromatic N) is 1. The number of carbonyl (C=O) groups is 1. The Morgan fingerprint density at radius 2 is 1.86 bits per heavy atom. The first-order valence-corrected chi connectivity index (χ1v) is 9.31. The second-order valence-electron chi connectivity index (χ2n) is 6.36. The molecule has 0 saturated carbocycles. The molecule has 1 unspecified atom stereocenters. The number of hydrogen-bond donors (Lipinski definition) is 1. The summed E-state index contributed by atoms with van der Waals surface area (Å²) in [6.45, 7) is 3.25. The molecule has 0 aliphatic carbocycles. The number of carboxylic acid groups (broad SMARTS) is 1. The van der Waals surface area contributed by atoms with Crippen LogP contribution in [0.25, 0.3) is 5.69 Å². The van der Waals surface area contributed by atoms with Gasteiger partial charge in [0.2, 0.25) is 0 Å². The van der Waals surface area contributed by atoms with Crippen LogP contribution in [0.3, 0.4) is 0 Å². The number of aryl methyl sites for hydroxylation is 2. The molecule has 150 valence electrons. The maximum atomic E-state index is 14.5. The topological polar surface area (TPSA) is 68.5 Å². The minimum Gasteiger partial charge on any atom is -0.478 e. The average molecular weight is 464 g/mol. The van der Waals surface area contributed by atoms with Crippen molar-refractivity contribution in [3.63, 3.8) is 0 Å². The van der Waals surface area contributed by atoms with E-state index in [9.17, 15) is 18.4 Å². The van der Waals surface area contributed by atoms with Gasteiger partial charge >= 0.3 is 5.97 Å². The van der Waals surface area contributed by atoms with Crippen LogP contribution in [0, 0.1) is 19.7 Å². The van der Waals surface area contributed by atoms with E-state index < -0.39 is 23.7 Å². The lowest BCUT2D eigenvalue weighted by molar-refractivity contribution is 0.0625. The molecule has 3 rings (SSSR count). The van der Waals surface area contributed by atoms with Gasteiger partial charge in [0.15, 0.2) is 0 Å². The first-order chi connectivity index (χ1) is 13.7. The lowest BCUT2D eigenvalue weighted by Gasteiger charge is -2.17. The van der Waals surface area contributed by atoms with E-state index in [1.54, 1.807) is 19.9 Å². The van der Waals surface area contributed by atoms with Crippen LogP contribution in [0.5, 0.6) is 5.75 Å². The van der Waals surface area contributed by atoms with Crippen molar-refractivity contribution in [2.75, 3.05) is 0 Å². The van der Waals surface area contributed by atoms with Gasteiger partial charge in [-0.15, -0.1) is 0 Å². The monoisotopic (exact) mass is 463 g/mol. The molecule has 0 aliphatic rings. The van der Waals surface area contributed by atoms with Gasteiger partial charge in [-0.05, 0) is 65.7 Å². The van der Waals surface area contributed by atoms with E-state index in [1.165, 1.54) is 41.0 Å². The molecule has 3 aromatic rings. The molecule has 1 atom stereocenters. The summed E-state index contributed by atoms with van der Waals surface area (Å²) < 4.78 is 34.7. The van der Waals surface area contributed by atoms with Crippen molar-refractivity contribution in [1.82, 2.24) is 4.57 Å². The van der Waals surface area contributed by atoms with E-state index >= 15 is 0 Å². The Morgan fingerprint density at radius 1 is 1.17 bits per heavy atom. The van der Waals surface area contributed by atoms with Gasteiger partial charge in [0.25, 0.3) is 11.9 Å². The largest absolute Gasteiger partial charge is 0.478 e. The summed E-state index contributed by atoms with van der Waals surface area (Å²) in [5.41, 5.74) is 0.693. The summed E-state index contributed by atoms with van der Waals surface area (Å²) in [6, 6.07) is 11.2. The smallest absolute Gasteiger partial charge is 0.335 e. The van der Waals surface area contributed by atoms with Crippen molar-refractivity contribution in [3.05, 3.63) is 91.6 Å². The Kier molecular flexibility index (Phi) is 5.83. The van der Waals surface area contributed by atoms with E-state index in [1.807, 2.05) is 0 Å². The van der Waals surface area contributed by atoms with Crippen molar-refractivity contribution in [1.29, 1.82) is 0 Å². The Morgan fingerprint density at radius 3 is 2.48 bits per heavy atom. The lowest BCUT2D eigenvalue weighted by atomic mass is 10.1. The minimum absolute atomic E-state index is 0.0398. The number of ether oxygens (including phenoxy) is 1. The van der Waals surface area contributed by atoms with E-state index in [0.717, 1.165) is 6.07 Å². The Labute approximate surface area is 173 Å². The molecule has 0 amide bonds. The predicted octanol–water partition coefficient (Wildman–Crippen LogP) is 5.10. The van der Waals surface area contributed by atoms with Crippen LogP contribution < -0.4 is 10.3 Å². The SMILES string of the molecule is Cc1cc(-n2c(C)cc(OC(F)c3ccccc3F)c(Br)c2=O)ccc1C(=O)O. The van der Waals surface area contributed by atoms with E-state index in [2.05, 4.69) is 15.9 Å². The number of benzene rings is 2. The molecule has 1 heterocycles. The summed E-state index contributed by atoms with van der Waals surface area (Å²) >= 11 is 3.13. The highest BCUT2D eigenvalue weighted by Crippen LogP contribution is 2.30. The molecule has 2 aromatic carbocycles. The van der Waals surface area contributed by atoms with E-state index in [4.69, 9.17) is 9.84 Å². The van der Waals surface area contributed by atoms with Crippen LogP contribution in [0.15, 0.2) is 57.8 Å². The normalized spacial score (nSPS) is 11.9. The molecule has 1 aromatic heterocycles. The van der Waals surface area contributed by atoms with Crippen LogP contribution >= 0.6 is 15.9 Å². The van der Waals surface area contributed by atoms with Crippen molar-refractivity contribution >= 4 is 21.9 Å². The molecule has 8 heteroatoms. The molecule has 0 saturated heterocycles. The third-order valence-electron chi connectivity index (χ3n) is 4.38. The molecule has 0 spiro atoms. The maximum Gasteiger partial charge on any atom is 0.335 e. The van der Waals surface area contributed by atoms with Gasteiger partial charge in [-0.3, -0.25) is 9.36 Å². The first kappa shape index (κ1) is 20.7. The third kappa shape index (κ3) is 4.07. The fourth-order valence-electron chi connectivity index (χ4n) is 2.95. The maximum absolute atomic E-state index is 14.5. The van der Waals surface area contributed by atoms with E-state index in [0.29, 0.717) is 16.9 Å². The van der Waals surface area contributed by atoms with Crippen LogP contribution in [0.1, 0.15) is 33.5 Å². The lowest BCUT2D eigenvalue weighted by Crippen LogP contribution is -2.22. The second kappa shape index (κ2) is 8.16. The molecule has 5 nitrogen and oxygen atoms in total. The number of aromatic nitrogens is 1. The van der Waals surface area contributed by atoms with Gasteiger partial charge in [-0.25, -0.2) is 9.18 Å². The zero-order valence-electron chi connectivity index (χ0n) is 15.4. The molecule has 0 fully saturated rings. The molecule has 0 radical (unpaired) electrons. The Bertz CT molecular complexity index is 1160.